The lowest BCUT2D eigenvalue weighted by molar-refractivity contribution is -0.137. The number of nitrogens with zero attached hydrogens (tertiary/aromatic N) is 4. The fraction of sp³-hybridized carbons (Fsp3) is 0.444. The third-order valence-electron chi connectivity index (χ3n) is 7.58. The second-order valence-electron chi connectivity index (χ2n) is 10.3. The lowest BCUT2D eigenvalue weighted by Gasteiger charge is -2.34. The summed E-state index contributed by atoms with van der Waals surface area (Å²) < 4.78 is 70.0. The topological polar surface area (TPSA) is 104 Å². The summed E-state index contributed by atoms with van der Waals surface area (Å²) in [6, 6.07) is 4.81. The molecule has 13 heteroatoms. The van der Waals surface area contributed by atoms with E-state index in [1.54, 1.807) is 0 Å². The van der Waals surface area contributed by atoms with Gasteiger partial charge in [0, 0.05) is 48.3 Å². The first-order valence-corrected chi connectivity index (χ1v) is 13.3. The van der Waals surface area contributed by atoms with Crippen LogP contribution in [0.15, 0.2) is 18.2 Å². The van der Waals surface area contributed by atoms with Crippen LogP contribution in [0, 0.1) is 17.1 Å². The van der Waals surface area contributed by atoms with Crippen LogP contribution in [-0.4, -0.2) is 59.6 Å². The Hall–Kier alpha value is -3.40. The summed E-state index contributed by atoms with van der Waals surface area (Å²) in [5.74, 6) is -1.46. The lowest BCUT2D eigenvalue weighted by atomic mass is 9.92. The number of phenols is 1. The number of hydrogen-bond donors (Lipinski definition) is 2. The highest BCUT2D eigenvalue weighted by molar-refractivity contribution is 6.32. The van der Waals surface area contributed by atoms with E-state index in [2.05, 4.69) is 15.3 Å². The molecule has 2 aromatic carbocycles. The molecule has 0 radical (unpaired) electrons. The first-order valence-electron chi connectivity index (χ1n) is 12.9. The molecule has 3 fully saturated rings. The average molecular weight is 578 g/mol. The number of rotatable bonds is 5. The van der Waals surface area contributed by atoms with Crippen LogP contribution in [0.25, 0.3) is 22.0 Å². The quantitative estimate of drug-likeness (QED) is 0.400. The van der Waals surface area contributed by atoms with Gasteiger partial charge in [-0.2, -0.15) is 28.4 Å². The van der Waals surface area contributed by atoms with E-state index >= 15 is 4.39 Å². The Labute approximate surface area is 231 Å². The Bertz CT molecular complexity index is 1510. The Morgan fingerprint density at radius 3 is 2.58 bits per heavy atom. The van der Waals surface area contributed by atoms with Crippen LogP contribution in [0.4, 0.5) is 23.4 Å². The minimum Gasteiger partial charge on any atom is -0.508 e. The molecule has 3 saturated heterocycles. The van der Waals surface area contributed by atoms with Gasteiger partial charge in [0.1, 0.15) is 23.7 Å². The second kappa shape index (κ2) is 10.2. The summed E-state index contributed by atoms with van der Waals surface area (Å²) in [5, 5.41) is 22.9. The molecule has 0 unspecified atom stereocenters. The van der Waals surface area contributed by atoms with Crippen LogP contribution >= 0.6 is 11.6 Å². The molecule has 6 rings (SSSR count). The van der Waals surface area contributed by atoms with E-state index in [4.69, 9.17) is 21.1 Å². The number of anilines is 1. The van der Waals surface area contributed by atoms with Crippen LogP contribution in [0.2, 0.25) is 5.02 Å². The Morgan fingerprint density at radius 1 is 1.18 bits per heavy atom. The van der Waals surface area contributed by atoms with E-state index < -0.39 is 39.5 Å². The van der Waals surface area contributed by atoms with E-state index in [1.165, 1.54) is 6.07 Å². The Morgan fingerprint density at radius 2 is 1.93 bits per heavy atom. The molecule has 2 bridgehead atoms. The molecule has 0 spiro atoms. The summed E-state index contributed by atoms with van der Waals surface area (Å²) in [6.07, 6.45) is -1.59. The SMILES string of the molecule is N#Cc1cc2c(N3C[C@H]4CC[C@@H](C3)N4)nc(OC[C@H]3CCCO3)nc2c(F)c1-c1cc(O)cc(Cl)c1C(F)(F)F. The Balaban J connectivity index is 1.56. The molecule has 3 atom stereocenters. The normalized spacial score (nSPS) is 22.6. The molecule has 0 amide bonds. The van der Waals surface area contributed by atoms with E-state index in [9.17, 15) is 23.5 Å². The van der Waals surface area contributed by atoms with Crippen LogP contribution < -0.4 is 15.0 Å². The average Bonchev–Trinajstić information content (AvgIpc) is 3.54. The van der Waals surface area contributed by atoms with Gasteiger partial charge in [-0.15, -0.1) is 0 Å². The zero-order valence-corrected chi connectivity index (χ0v) is 21.8. The number of alkyl halides is 3. The maximum absolute atomic E-state index is 16.4. The highest BCUT2D eigenvalue weighted by Crippen LogP contribution is 2.46. The van der Waals surface area contributed by atoms with E-state index in [-0.39, 0.29) is 47.3 Å². The lowest BCUT2D eigenvalue weighted by Crippen LogP contribution is -2.51. The van der Waals surface area contributed by atoms with E-state index in [0.29, 0.717) is 25.5 Å². The van der Waals surface area contributed by atoms with Gasteiger partial charge in [-0.1, -0.05) is 11.6 Å². The second-order valence-corrected chi connectivity index (χ2v) is 10.7. The van der Waals surface area contributed by atoms with Crippen molar-refractivity contribution in [1.82, 2.24) is 15.3 Å². The summed E-state index contributed by atoms with van der Waals surface area (Å²) in [7, 11) is 0. The molecule has 1 aromatic heterocycles. The standard InChI is InChI=1S/C27H24ClF4N5O3/c28-20-8-16(38)7-18(22(20)27(30,31)32)21-13(9-33)6-19-24(23(21)29)35-26(40-12-17-2-1-5-39-17)36-25(19)37-10-14-3-4-15(11-37)34-14/h6-8,14-15,17,34,38H,1-5,10-12H2/t14-,15+,17-/m1/s1. The number of nitrogens with one attached hydrogen (secondary N) is 1. The monoisotopic (exact) mass is 577 g/mol. The van der Waals surface area contributed by atoms with Crippen molar-refractivity contribution in [3.63, 3.8) is 0 Å². The van der Waals surface area contributed by atoms with Gasteiger partial charge in [-0.25, -0.2) is 4.39 Å². The maximum Gasteiger partial charge on any atom is 0.418 e. The fourth-order valence-corrected chi connectivity index (χ4v) is 6.16. The molecule has 0 aliphatic carbocycles. The molecule has 3 aromatic rings. The van der Waals surface area contributed by atoms with Crippen molar-refractivity contribution in [2.45, 2.75) is 50.0 Å². The predicted molar refractivity (Wildman–Crippen MR) is 138 cm³/mol. The third-order valence-corrected chi connectivity index (χ3v) is 7.88. The molecule has 40 heavy (non-hydrogen) atoms. The number of hydrogen-bond acceptors (Lipinski definition) is 8. The molecule has 8 nitrogen and oxygen atoms in total. The number of nitriles is 1. The van der Waals surface area contributed by atoms with Crippen LogP contribution in [0.1, 0.15) is 36.8 Å². The number of phenolic OH excluding ortho intramolecular Hbond substituents is 1. The number of aromatic nitrogens is 2. The number of benzene rings is 2. The summed E-state index contributed by atoms with van der Waals surface area (Å²) in [4.78, 5) is 10.8. The van der Waals surface area contributed by atoms with E-state index in [0.717, 1.165) is 37.8 Å². The van der Waals surface area contributed by atoms with Gasteiger partial charge in [0.2, 0.25) is 0 Å². The number of halogens is 5. The van der Waals surface area contributed by atoms with Gasteiger partial charge in [-0.05, 0) is 43.9 Å². The van der Waals surface area contributed by atoms with Gasteiger partial charge in [-0.3, -0.25) is 0 Å². The largest absolute Gasteiger partial charge is 0.508 e. The van der Waals surface area contributed by atoms with Crippen molar-refractivity contribution in [2.75, 3.05) is 31.2 Å². The molecule has 3 aliphatic rings. The van der Waals surface area contributed by atoms with Crippen LogP contribution in [0.3, 0.4) is 0 Å². The number of ether oxygens (including phenoxy) is 2. The van der Waals surface area contributed by atoms with Gasteiger partial charge in [0.05, 0.1) is 28.3 Å². The first-order chi connectivity index (χ1) is 19.1. The number of piperazine rings is 1. The minimum atomic E-state index is -5.00. The molecule has 3 aliphatic heterocycles. The van der Waals surface area contributed by atoms with Crippen molar-refractivity contribution in [2.24, 2.45) is 0 Å². The van der Waals surface area contributed by atoms with E-state index in [1.807, 2.05) is 11.0 Å². The Kier molecular flexibility index (Phi) is 6.84. The summed E-state index contributed by atoms with van der Waals surface area (Å²) in [6.45, 7) is 1.87. The molecule has 0 saturated carbocycles. The number of aromatic hydroxyl groups is 1. The zero-order valence-electron chi connectivity index (χ0n) is 21.1. The van der Waals surface area contributed by atoms with Crippen molar-refractivity contribution < 1.29 is 32.1 Å². The zero-order chi connectivity index (χ0) is 28.2. The molecule has 4 heterocycles. The minimum absolute atomic E-state index is 0.128. The molecular formula is C27H24ClF4N5O3. The predicted octanol–water partition coefficient (Wildman–Crippen LogP) is 5.18. The van der Waals surface area contributed by atoms with Gasteiger partial charge < -0.3 is 24.8 Å². The molecule has 2 N–H and O–H groups in total. The molecule has 210 valence electrons. The third kappa shape index (κ3) is 4.87. The van der Waals surface area contributed by atoms with Crippen molar-refractivity contribution in [3.8, 4) is 29.0 Å². The van der Waals surface area contributed by atoms with Crippen LogP contribution in [-0.2, 0) is 10.9 Å². The van der Waals surface area contributed by atoms with Gasteiger partial charge in [0.15, 0.2) is 5.82 Å². The summed E-state index contributed by atoms with van der Waals surface area (Å²) in [5.41, 5.74) is -3.50. The summed E-state index contributed by atoms with van der Waals surface area (Å²) >= 11 is 5.87. The van der Waals surface area contributed by atoms with Gasteiger partial charge >= 0.3 is 12.2 Å². The van der Waals surface area contributed by atoms with Crippen LogP contribution in [0.5, 0.6) is 11.8 Å². The highest BCUT2D eigenvalue weighted by atomic mass is 35.5. The number of fused-ring (bicyclic) bond motifs is 3. The van der Waals surface area contributed by atoms with Gasteiger partial charge in [0.25, 0.3) is 0 Å². The first kappa shape index (κ1) is 26.8. The highest BCUT2D eigenvalue weighted by Gasteiger charge is 2.39. The van der Waals surface area contributed by atoms with Crippen molar-refractivity contribution in [1.29, 1.82) is 5.26 Å². The maximum atomic E-state index is 16.4. The fourth-order valence-electron chi connectivity index (χ4n) is 5.84. The van der Waals surface area contributed by atoms with Crippen molar-refractivity contribution >= 4 is 28.3 Å². The smallest absolute Gasteiger partial charge is 0.418 e. The molecular weight excluding hydrogens is 554 g/mol. The van der Waals surface area contributed by atoms with Crippen molar-refractivity contribution in [3.05, 3.63) is 40.2 Å².